The molecule has 2 aromatic rings. The number of halogens is 2. The van der Waals surface area contributed by atoms with Crippen molar-refractivity contribution in [3.05, 3.63) is 34.6 Å². The van der Waals surface area contributed by atoms with Crippen LogP contribution in [0.25, 0.3) is 0 Å². The molecule has 0 radical (unpaired) electrons. The largest absolute Gasteiger partial charge is 0.493 e. The molecule has 100 valence electrons. The third-order valence-corrected chi connectivity index (χ3v) is 3.29. The molecule has 0 N–H and O–H groups in total. The molecule has 0 fully saturated rings. The van der Waals surface area contributed by atoms with Gasteiger partial charge in [-0.15, -0.1) is 0 Å². The van der Waals surface area contributed by atoms with E-state index in [1.54, 1.807) is 19.2 Å². The van der Waals surface area contributed by atoms with Crippen LogP contribution in [0, 0.1) is 0 Å². The van der Waals surface area contributed by atoms with Gasteiger partial charge in [0, 0.05) is 0 Å². The highest BCUT2D eigenvalue weighted by Crippen LogP contribution is 2.38. The summed E-state index contributed by atoms with van der Waals surface area (Å²) in [6, 6.07) is 7.17. The summed E-state index contributed by atoms with van der Waals surface area (Å²) >= 11 is 13.4. The van der Waals surface area contributed by atoms with Crippen LogP contribution in [0.2, 0.25) is 10.3 Å². The molecular formula is C12H10Cl2N2O2S. The first-order valence-electron chi connectivity index (χ1n) is 5.23. The van der Waals surface area contributed by atoms with Gasteiger partial charge in [0.15, 0.2) is 27.0 Å². The molecule has 1 aromatic carbocycles. The van der Waals surface area contributed by atoms with E-state index in [1.165, 1.54) is 11.8 Å². The van der Waals surface area contributed by atoms with Gasteiger partial charge in [0.1, 0.15) is 0 Å². The number of benzene rings is 1. The number of ether oxygens (including phenoxy) is 2. The molecule has 0 unspecified atom stereocenters. The molecule has 2 rings (SSSR count). The van der Waals surface area contributed by atoms with Crippen LogP contribution in [-0.2, 0) is 0 Å². The Morgan fingerprint density at radius 1 is 1.05 bits per heavy atom. The van der Waals surface area contributed by atoms with Crippen molar-refractivity contribution < 1.29 is 9.47 Å². The predicted octanol–water partition coefficient (Wildman–Crippen LogP) is 4.31. The zero-order valence-corrected chi connectivity index (χ0v) is 12.5. The number of rotatable bonds is 4. The van der Waals surface area contributed by atoms with Crippen LogP contribution in [0.1, 0.15) is 0 Å². The van der Waals surface area contributed by atoms with Gasteiger partial charge in [-0.2, -0.15) is 0 Å². The topological polar surface area (TPSA) is 44.2 Å². The number of thioether (sulfide) groups is 1. The number of hydrogen-bond donors (Lipinski definition) is 0. The van der Waals surface area contributed by atoms with Gasteiger partial charge in [-0.05, 0) is 18.4 Å². The Labute approximate surface area is 125 Å². The molecular weight excluding hydrogens is 307 g/mol. The Bertz CT molecular complexity index is 573. The average Bonchev–Trinajstić information content (AvgIpc) is 2.43. The van der Waals surface area contributed by atoms with Crippen LogP contribution in [0.5, 0.6) is 17.2 Å². The van der Waals surface area contributed by atoms with E-state index in [4.69, 9.17) is 32.7 Å². The minimum absolute atomic E-state index is 0.162. The standard InChI is InChI=1S/C12H10Cl2N2O2S/c1-17-7-5-3-4-6-8(7)18-9-10(13)15-12(19-2)16-11(9)14/h3-6H,1-2H3. The smallest absolute Gasteiger partial charge is 0.202 e. The molecule has 1 aromatic heterocycles. The third kappa shape index (κ3) is 3.23. The van der Waals surface area contributed by atoms with Crippen molar-refractivity contribution in [1.29, 1.82) is 0 Å². The lowest BCUT2D eigenvalue weighted by Crippen LogP contribution is -1.95. The second-order valence-electron chi connectivity index (χ2n) is 3.37. The van der Waals surface area contributed by atoms with Crippen LogP contribution >= 0.6 is 35.0 Å². The lowest BCUT2D eigenvalue weighted by atomic mass is 10.3. The van der Waals surface area contributed by atoms with Crippen molar-refractivity contribution in [1.82, 2.24) is 9.97 Å². The van der Waals surface area contributed by atoms with Gasteiger partial charge < -0.3 is 9.47 Å². The highest BCUT2D eigenvalue weighted by atomic mass is 35.5. The summed E-state index contributed by atoms with van der Waals surface area (Å²) in [5.74, 6) is 1.28. The Kier molecular flexibility index (Phi) is 4.74. The Balaban J connectivity index is 2.38. The fraction of sp³-hybridized carbons (Fsp3) is 0.167. The SMILES string of the molecule is COc1ccccc1Oc1c(Cl)nc(SC)nc1Cl. The summed E-state index contributed by atoms with van der Waals surface area (Å²) in [6.45, 7) is 0. The van der Waals surface area contributed by atoms with Crippen LogP contribution < -0.4 is 9.47 Å². The lowest BCUT2D eigenvalue weighted by molar-refractivity contribution is 0.377. The van der Waals surface area contributed by atoms with E-state index in [0.717, 1.165) is 0 Å². The van der Waals surface area contributed by atoms with Gasteiger partial charge in [-0.1, -0.05) is 47.1 Å². The van der Waals surface area contributed by atoms with Crippen molar-refractivity contribution >= 4 is 35.0 Å². The van der Waals surface area contributed by atoms with E-state index in [0.29, 0.717) is 16.7 Å². The Hall–Kier alpha value is -1.17. The van der Waals surface area contributed by atoms with Crippen molar-refractivity contribution in [3.8, 4) is 17.2 Å². The Morgan fingerprint density at radius 2 is 1.63 bits per heavy atom. The lowest BCUT2D eigenvalue weighted by Gasteiger charge is -2.11. The van der Waals surface area contributed by atoms with Crippen LogP contribution in [0.15, 0.2) is 29.4 Å². The van der Waals surface area contributed by atoms with E-state index >= 15 is 0 Å². The summed E-state index contributed by atoms with van der Waals surface area (Å²) < 4.78 is 10.8. The van der Waals surface area contributed by atoms with E-state index in [-0.39, 0.29) is 16.1 Å². The molecule has 0 aliphatic carbocycles. The summed E-state index contributed by atoms with van der Waals surface area (Å²) in [4.78, 5) is 8.14. The van der Waals surface area contributed by atoms with Gasteiger partial charge in [-0.3, -0.25) is 0 Å². The molecule has 0 spiro atoms. The quantitative estimate of drug-likeness (QED) is 0.478. The summed E-state index contributed by atoms with van der Waals surface area (Å²) in [5, 5.41) is 0.813. The Morgan fingerprint density at radius 3 is 2.16 bits per heavy atom. The number of methoxy groups -OCH3 is 1. The van der Waals surface area contributed by atoms with Gasteiger partial charge in [-0.25, -0.2) is 9.97 Å². The highest BCUT2D eigenvalue weighted by molar-refractivity contribution is 7.98. The minimum Gasteiger partial charge on any atom is -0.493 e. The monoisotopic (exact) mass is 316 g/mol. The first kappa shape index (κ1) is 14.2. The second-order valence-corrected chi connectivity index (χ2v) is 4.86. The molecule has 0 atom stereocenters. The maximum atomic E-state index is 6.04. The molecule has 0 amide bonds. The van der Waals surface area contributed by atoms with Gasteiger partial charge >= 0.3 is 0 Å². The normalized spacial score (nSPS) is 10.3. The van der Waals surface area contributed by atoms with E-state index < -0.39 is 0 Å². The molecule has 0 saturated carbocycles. The summed E-state index contributed by atoms with van der Waals surface area (Å²) in [6.07, 6.45) is 1.84. The van der Waals surface area contributed by atoms with Gasteiger partial charge in [0.25, 0.3) is 0 Å². The van der Waals surface area contributed by atoms with E-state index in [2.05, 4.69) is 9.97 Å². The van der Waals surface area contributed by atoms with Crippen LogP contribution in [0.3, 0.4) is 0 Å². The first-order valence-corrected chi connectivity index (χ1v) is 7.21. The number of aromatic nitrogens is 2. The summed E-state index contributed by atoms with van der Waals surface area (Å²) in [5.41, 5.74) is 0. The fourth-order valence-corrected chi connectivity index (χ4v) is 2.30. The minimum atomic E-state index is 0.162. The van der Waals surface area contributed by atoms with Crippen molar-refractivity contribution in [2.45, 2.75) is 5.16 Å². The predicted molar refractivity (Wildman–Crippen MR) is 76.9 cm³/mol. The molecule has 4 nitrogen and oxygen atoms in total. The molecule has 0 bridgehead atoms. The maximum Gasteiger partial charge on any atom is 0.202 e. The highest BCUT2D eigenvalue weighted by Gasteiger charge is 2.15. The van der Waals surface area contributed by atoms with Gasteiger partial charge in [0.2, 0.25) is 5.75 Å². The van der Waals surface area contributed by atoms with Crippen molar-refractivity contribution in [3.63, 3.8) is 0 Å². The molecule has 0 aliphatic rings. The molecule has 1 heterocycles. The average molecular weight is 317 g/mol. The summed E-state index contributed by atoms with van der Waals surface area (Å²) in [7, 11) is 1.55. The molecule has 19 heavy (non-hydrogen) atoms. The maximum absolute atomic E-state index is 6.04. The van der Waals surface area contributed by atoms with Crippen molar-refractivity contribution in [2.75, 3.05) is 13.4 Å². The zero-order chi connectivity index (χ0) is 13.8. The number of hydrogen-bond acceptors (Lipinski definition) is 5. The second kappa shape index (κ2) is 6.32. The van der Waals surface area contributed by atoms with E-state index in [9.17, 15) is 0 Å². The molecule has 7 heteroatoms. The third-order valence-electron chi connectivity index (χ3n) is 2.23. The molecule has 0 saturated heterocycles. The van der Waals surface area contributed by atoms with Crippen molar-refractivity contribution in [2.24, 2.45) is 0 Å². The van der Waals surface area contributed by atoms with Gasteiger partial charge in [0.05, 0.1) is 7.11 Å². The first-order chi connectivity index (χ1) is 9.15. The van der Waals surface area contributed by atoms with Crippen LogP contribution in [-0.4, -0.2) is 23.3 Å². The van der Waals surface area contributed by atoms with E-state index in [1.807, 2.05) is 18.4 Å². The zero-order valence-electron chi connectivity index (χ0n) is 10.2. The van der Waals surface area contributed by atoms with Crippen LogP contribution in [0.4, 0.5) is 0 Å². The molecule has 0 aliphatic heterocycles. The number of nitrogens with zero attached hydrogens (tertiary/aromatic N) is 2. The number of para-hydroxylation sites is 2. The fourth-order valence-electron chi connectivity index (χ4n) is 1.37.